The fourth-order valence-electron chi connectivity index (χ4n) is 3.25. The van der Waals surface area contributed by atoms with Crippen LogP contribution >= 0.6 is 34.5 Å². The number of carbonyl (C=O) groups is 1. The number of nitrogens with one attached hydrogen (secondary N) is 1. The Morgan fingerprint density at radius 3 is 2.68 bits per heavy atom. The average Bonchev–Trinajstić information content (AvgIpc) is 3.12. The molecule has 0 spiro atoms. The molecular weight excluding hydrogens is 415 g/mol. The normalized spacial score (nSPS) is 15.1. The van der Waals surface area contributed by atoms with Crippen molar-refractivity contribution in [3.8, 4) is 0 Å². The summed E-state index contributed by atoms with van der Waals surface area (Å²) in [5.74, 6) is -0.127. The van der Waals surface area contributed by atoms with Gasteiger partial charge in [0.05, 0.1) is 20.8 Å². The Balaban J connectivity index is 1.26. The van der Waals surface area contributed by atoms with Gasteiger partial charge in [-0.15, -0.1) is 0 Å². The average molecular weight is 435 g/mol. The SMILES string of the molecule is O=C(NCCN1CCN(c2nc3ccc(Cl)cc3s2)CC1)c1ccccc1Cl. The van der Waals surface area contributed by atoms with Gasteiger partial charge >= 0.3 is 0 Å². The summed E-state index contributed by atoms with van der Waals surface area (Å²) < 4.78 is 1.12. The monoisotopic (exact) mass is 434 g/mol. The van der Waals surface area contributed by atoms with Gasteiger partial charge in [-0.1, -0.05) is 46.7 Å². The zero-order valence-corrected chi connectivity index (χ0v) is 17.5. The number of hydrogen-bond donors (Lipinski definition) is 1. The Kier molecular flexibility index (Phi) is 6.01. The molecule has 1 fully saturated rings. The van der Waals surface area contributed by atoms with E-state index in [0.29, 0.717) is 17.1 Å². The Morgan fingerprint density at radius 1 is 1.11 bits per heavy atom. The van der Waals surface area contributed by atoms with Crippen LogP contribution in [-0.2, 0) is 0 Å². The number of aromatic nitrogens is 1. The van der Waals surface area contributed by atoms with Gasteiger partial charge in [0.25, 0.3) is 5.91 Å². The number of piperazine rings is 1. The first-order valence-electron chi connectivity index (χ1n) is 9.16. The van der Waals surface area contributed by atoms with Crippen molar-refractivity contribution in [2.75, 3.05) is 44.2 Å². The summed E-state index contributed by atoms with van der Waals surface area (Å²) in [5, 5.41) is 5.22. The van der Waals surface area contributed by atoms with Crippen LogP contribution in [-0.4, -0.2) is 55.1 Å². The molecule has 8 heteroatoms. The van der Waals surface area contributed by atoms with E-state index in [1.54, 1.807) is 23.5 Å². The van der Waals surface area contributed by atoms with Crippen molar-refractivity contribution in [1.82, 2.24) is 15.2 Å². The van der Waals surface area contributed by atoms with Crippen LogP contribution in [0, 0.1) is 0 Å². The van der Waals surface area contributed by atoms with Crippen molar-refractivity contribution in [3.05, 3.63) is 58.1 Å². The first-order chi connectivity index (χ1) is 13.6. The fraction of sp³-hybridized carbons (Fsp3) is 0.300. The molecular formula is C20H20Cl2N4OS. The number of halogens is 2. The van der Waals surface area contributed by atoms with Gasteiger partial charge in [-0.2, -0.15) is 0 Å². The van der Waals surface area contributed by atoms with E-state index in [0.717, 1.165) is 53.1 Å². The number of nitrogens with zero attached hydrogens (tertiary/aromatic N) is 3. The van der Waals surface area contributed by atoms with Crippen LogP contribution in [0.15, 0.2) is 42.5 Å². The zero-order chi connectivity index (χ0) is 19.5. The summed E-state index contributed by atoms with van der Waals surface area (Å²) in [6.45, 7) is 5.15. The zero-order valence-electron chi connectivity index (χ0n) is 15.2. The van der Waals surface area contributed by atoms with Crippen molar-refractivity contribution in [2.45, 2.75) is 0 Å². The predicted octanol–water partition coefficient (Wildman–Crippen LogP) is 4.16. The minimum Gasteiger partial charge on any atom is -0.351 e. The van der Waals surface area contributed by atoms with Crippen LogP contribution in [0.5, 0.6) is 0 Å². The molecule has 1 saturated heterocycles. The smallest absolute Gasteiger partial charge is 0.252 e. The van der Waals surface area contributed by atoms with Gasteiger partial charge in [-0.05, 0) is 30.3 Å². The molecule has 28 heavy (non-hydrogen) atoms. The third-order valence-electron chi connectivity index (χ3n) is 4.81. The molecule has 1 aliphatic rings. The van der Waals surface area contributed by atoms with Gasteiger partial charge in [-0.3, -0.25) is 9.69 Å². The molecule has 1 aliphatic heterocycles. The molecule has 1 aromatic heterocycles. The molecule has 0 bridgehead atoms. The van der Waals surface area contributed by atoms with E-state index in [1.165, 1.54) is 0 Å². The number of carbonyl (C=O) groups excluding carboxylic acids is 1. The molecule has 0 atom stereocenters. The van der Waals surface area contributed by atoms with E-state index >= 15 is 0 Å². The number of thiazole rings is 1. The molecule has 0 aliphatic carbocycles. The molecule has 5 nitrogen and oxygen atoms in total. The topological polar surface area (TPSA) is 48.5 Å². The summed E-state index contributed by atoms with van der Waals surface area (Å²) in [4.78, 5) is 21.6. The summed E-state index contributed by atoms with van der Waals surface area (Å²) in [6.07, 6.45) is 0. The highest BCUT2D eigenvalue weighted by molar-refractivity contribution is 7.22. The maximum Gasteiger partial charge on any atom is 0.252 e. The number of rotatable bonds is 5. The lowest BCUT2D eigenvalue weighted by Crippen LogP contribution is -2.48. The number of fused-ring (bicyclic) bond motifs is 1. The highest BCUT2D eigenvalue weighted by atomic mass is 35.5. The van der Waals surface area contributed by atoms with Gasteiger partial charge in [0.15, 0.2) is 5.13 Å². The summed E-state index contributed by atoms with van der Waals surface area (Å²) in [6, 6.07) is 12.9. The molecule has 4 rings (SSSR count). The van der Waals surface area contributed by atoms with Crippen LogP contribution in [0.25, 0.3) is 10.2 Å². The number of hydrogen-bond acceptors (Lipinski definition) is 5. The second-order valence-electron chi connectivity index (χ2n) is 6.67. The predicted molar refractivity (Wildman–Crippen MR) is 117 cm³/mol. The lowest BCUT2D eigenvalue weighted by atomic mass is 10.2. The van der Waals surface area contributed by atoms with Crippen molar-refractivity contribution < 1.29 is 4.79 Å². The summed E-state index contributed by atoms with van der Waals surface area (Å²) >= 11 is 13.8. The molecule has 0 saturated carbocycles. The lowest BCUT2D eigenvalue weighted by Gasteiger charge is -2.34. The fourth-order valence-corrected chi connectivity index (χ4v) is 4.77. The molecule has 2 aromatic carbocycles. The highest BCUT2D eigenvalue weighted by Crippen LogP contribution is 2.31. The van der Waals surface area contributed by atoms with Gasteiger partial charge in [0.2, 0.25) is 0 Å². The third kappa shape index (κ3) is 4.41. The van der Waals surface area contributed by atoms with Crippen LogP contribution < -0.4 is 10.2 Å². The molecule has 1 N–H and O–H groups in total. The Labute approximate surface area is 177 Å². The molecule has 2 heterocycles. The van der Waals surface area contributed by atoms with E-state index in [1.807, 2.05) is 30.3 Å². The minimum absolute atomic E-state index is 0.127. The van der Waals surface area contributed by atoms with Crippen molar-refractivity contribution in [2.24, 2.45) is 0 Å². The van der Waals surface area contributed by atoms with Crippen LogP contribution in [0.3, 0.4) is 0 Å². The van der Waals surface area contributed by atoms with E-state index in [4.69, 9.17) is 28.2 Å². The van der Waals surface area contributed by atoms with Crippen molar-refractivity contribution in [1.29, 1.82) is 0 Å². The number of amides is 1. The van der Waals surface area contributed by atoms with E-state index < -0.39 is 0 Å². The minimum atomic E-state index is -0.127. The first-order valence-corrected chi connectivity index (χ1v) is 10.7. The maximum atomic E-state index is 12.2. The van der Waals surface area contributed by atoms with Crippen LogP contribution in [0.4, 0.5) is 5.13 Å². The Bertz CT molecular complexity index is 985. The number of anilines is 1. The van der Waals surface area contributed by atoms with Crippen LogP contribution in [0.2, 0.25) is 10.0 Å². The largest absolute Gasteiger partial charge is 0.351 e. The summed E-state index contributed by atoms with van der Waals surface area (Å²) in [5.41, 5.74) is 1.51. The quantitative estimate of drug-likeness (QED) is 0.654. The van der Waals surface area contributed by atoms with Gasteiger partial charge in [0.1, 0.15) is 0 Å². The Hall–Kier alpha value is -1.86. The molecule has 1 amide bonds. The Morgan fingerprint density at radius 2 is 1.89 bits per heavy atom. The van der Waals surface area contributed by atoms with E-state index in [9.17, 15) is 4.79 Å². The second-order valence-corrected chi connectivity index (χ2v) is 8.53. The molecule has 146 valence electrons. The first kappa shape index (κ1) is 19.5. The third-order valence-corrected chi connectivity index (χ3v) is 6.46. The van der Waals surface area contributed by atoms with E-state index in [2.05, 4.69) is 15.1 Å². The molecule has 3 aromatic rings. The molecule has 0 unspecified atom stereocenters. The molecule has 0 radical (unpaired) electrons. The van der Waals surface area contributed by atoms with Gasteiger partial charge in [-0.25, -0.2) is 4.98 Å². The summed E-state index contributed by atoms with van der Waals surface area (Å²) in [7, 11) is 0. The van der Waals surface area contributed by atoms with Gasteiger partial charge in [0, 0.05) is 44.3 Å². The highest BCUT2D eigenvalue weighted by Gasteiger charge is 2.20. The van der Waals surface area contributed by atoms with Crippen molar-refractivity contribution in [3.63, 3.8) is 0 Å². The van der Waals surface area contributed by atoms with Crippen LogP contribution in [0.1, 0.15) is 10.4 Å². The standard InChI is InChI=1S/C20H20Cl2N4OS/c21-14-5-6-17-18(13-14)28-20(24-17)26-11-9-25(10-12-26)8-7-23-19(27)15-3-1-2-4-16(15)22/h1-6,13H,7-12H2,(H,23,27). The maximum absolute atomic E-state index is 12.2. The second kappa shape index (κ2) is 8.66. The van der Waals surface area contributed by atoms with Crippen molar-refractivity contribution >= 4 is 55.8 Å². The van der Waals surface area contributed by atoms with Gasteiger partial charge < -0.3 is 10.2 Å². The number of benzene rings is 2. The lowest BCUT2D eigenvalue weighted by molar-refractivity contribution is 0.0948. The van der Waals surface area contributed by atoms with E-state index in [-0.39, 0.29) is 5.91 Å².